The highest BCUT2D eigenvalue weighted by atomic mass is 16.2. The van der Waals surface area contributed by atoms with E-state index in [1.54, 1.807) is 0 Å². The van der Waals surface area contributed by atoms with Gasteiger partial charge in [-0.05, 0) is 31.0 Å². The number of nitrogens with one attached hydrogen (secondary N) is 1. The lowest BCUT2D eigenvalue weighted by Gasteiger charge is -2.30. The molecule has 1 saturated carbocycles. The zero-order chi connectivity index (χ0) is 17.5. The van der Waals surface area contributed by atoms with E-state index in [4.69, 9.17) is 0 Å². The van der Waals surface area contributed by atoms with E-state index in [2.05, 4.69) is 52.7 Å². The van der Waals surface area contributed by atoms with Crippen LogP contribution in [0.1, 0.15) is 36.8 Å². The van der Waals surface area contributed by atoms with Crippen LogP contribution in [0.4, 0.5) is 0 Å². The number of hydrogen-bond donors (Lipinski definition) is 1. The molecule has 2 aromatic carbocycles. The third-order valence-corrected chi connectivity index (χ3v) is 5.28. The van der Waals surface area contributed by atoms with Crippen LogP contribution < -0.4 is 5.32 Å². The summed E-state index contributed by atoms with van der Waals surface area (Å²) < 4.78 is 0. The Labute approximate surface area is 151 Å². The first-order chi connectivity index (χ1) is 12.2. The fraction of sp³-hybridized carbons (Fsp3) is 0.409. The van der Waals surface area contributed by atoms with Crippen LogP contribution in [-0.4, -0.2) is 30.9 Å². The van der Waals surface area contributed by atoms with Crippen molar-refractivity contribution in [2.24, 2.45) is 0 Å². The van der Waals surface area contributed by atoms with E-state index in [-0.39, 0.29) is 11.3 Å². The third kappa shape index (κ3) is 4.70. The van der Waals surface area contributed by atoms with E-state index in [1.165, 1.54) is 24.0 Å². The molecule has 3 heteroatoms. The Morgan fingerprint density at radius 2 is 1.60 bits per heavy atom. The molecule has 0 aromatic heterocycles. The maximum absolute atomic E-state index is 12.4. The highest BCUT2D eigenvalue weighted by Gasteiger charge is 2.35. The average molecular weight is 336 g/mol. The molecule has 0 spiro atoms. The SMILES string of the molecule is CN(CC(=O)NCC1(c2ccccc2)CCCC1)Cc1ccccc1. The molecule has 3 nitrogen and oxygen atoms in total. The first kappa shape index (κ1) is 17.7. The van der Waals surface area contributed by atoms with E-state index in [0.717, 1.165) is 25.9 Å². The summed E-state index contributed by atoms with van der Waals surface area (Å²) in [5, 5.41) is 3.20. The lowest BCUT2D eigenvalue weighted by atomic mass is 9.79. The van der Waals surface area contributed by atoms with Crippen LogP contribution in [0, 0.1) is 0 Å². The first-order valence-electron chi connectivity index (χ1n) is 9.23. The van der Waals surface area contributed by atoms with Gasteiger partial charge in [-0.1, -0.05) is 73.5 Å². The summed E-state index contributed by atoms with van der Waals surface area (Å²) in [5.74, 6) is 0.112. The summed E-state index contributed by atoms with van der Waals surface area (Å²) in [5.41, 5.74) is 2.72. The number of carbonyl (C=O) groups is 1. The molecule has 1 amide bonds. The molecule has 1 aliphatic carbocycles. The van der Waals surface area contributed by atoms with Crippen LogP contribution in [0.25, 0.3) is 0 Å². The Hall–Kier alpha value is -2.13. The van der Waals surface area contributed by atoms with Gasteiger partial charge in [-0.3, -0.25) is 9.69 Å². The quantitative estimate of drug-likeness (QED) is 0.835. The van der Waals surface area contributed by atoms with E-state index in [9.17, 15) is 4.79 Å². The molecule has 0 radical (unpaired) electrons. The smallest absolute Gasteiger partial charge is 0.234 e. The lowest BCUT2D eigenvalue weighted by Crippen LogP contribution is -2.42. The van der Waals surface area contributed by atoms with Crippen molar-refractivity contribution in [3.63, 3.8) is 0 Å². The van der Waals surface area contributed by atoms with Crippen LogP contribution in [0.15, 0.2) is 60.7 Å². The molecule has 0 saturated heterocycles. The van der Waals surface area contributed by atoms with Gasteiger partial charge in [0.25, 0.3) is 0 Å². The summed E-state index contributed by atoms with van der Waals surface area (Å²) in [6, 6.07) is 21.0. The Morgan fingerprint density at radius 3 is 2.24 bits per heavy atom. The highest BCUT2D eigenvalue weighted by molar-refractivity contribution is 5.78. The molecule has 3 rings (SSSR count). The van der Waals surface area contributed by atoms with Crippen LogP contribution in [-0.2, 0) is 16.8 Å². The minimum absolute atomic E-state index is 0.112. The second kappa shape index (κ2) is 8.30. The topological polar surface area (TPSA) is 32.3 Å². The molecule has 1 aliphatic rings. The van der Waals surface area contributed by atoms with E-state index >= 15 is 0 Å². The fourth-order valence-electron chi connectivity index (χ4n) is 3.93. The summed E-state index contributed by atoms with van der Waals surface area (Å²) in [4.78, 5) is 14.5. The maximum Gasteiger partial charge on any atom is 0.234 e. The highest BCUT2D eigenvalue weighted by Crippen LogP contribution is 2.40. The van der Waals surface area contributed by atoms with Crippen molar-refractivity contribution in [1.29, 1.82) is 0 Å². The second-order valence-electron chi connectivity index (χ2n) is 7.29. The van der Waals surface area contributed by atoms with E-state index < -0.39 is 0 Å². The van der Waals surface area contributed by atoms with Gasteiger partial charge < -0.3 is 5.32 Å². The van der Waals surface area contributed by atoms with Crippen LogP contribution >= 0.6 is 0 Å². The second-order valence-corrected chi connectivity index (χ2v) is 7.29. The van der Waals surface area contributed by atoms with Gasteiger partial charge >= 0.3 is 0 Å². The molecule has 132 valence electrons. The van der Waals surface area contributed by atoms with Crippen molar-refractivity contribution in [2.45, 2.75) is 37.6 Å². The van der Waals surface area contributed by atoms with Crippen molar-refractivity contribution in [2.75, 3.05) is 20.1 Å². The minimum atomic E-state index is 0.112. The van der Waals surface area contributed by atoms with Crippen molar-refractivity contribution >= 4 is 5.91 Å². The molecule has 2 aromatic rings. The minimum Gasteiger partial charge on any atom is -0.354 e. The molecule has 25 heavy (non-hydrogen) atoms. The number of benzene rings is 2. The number of hydrogen-bond acceptors (Lipinski definition) is 2. The summed E-state index contributed by atoms with van der Waals surface area (Å²) >= 11 is 0. The van der Waals surface area contributed by atoms with Crippen LogP contribution in [0.5, 0.6) is 0 Å². The molecule has 1 N–H and O–H groups in total. The van der Waals surface area contributed by atoms with Gasteiger partial charge in [0, 0.05) is 18.5 Å². The summed E-state index contributed by atoms with van der Waals surface area (Å²) in [6.07, 6.45) is 4.83. The lowest BCUT2D eigenvalue weighted by molar-refractivity contribution is -0.122. The van der Waals surface area contributed by atoms with Gasteiger partial charge in [0.2, 0.25) is 5.91 Å². The molecular formula is C22H28N2O. The summed E-state index contributed by atoms with van der Waals surface area (Å²) in [7, 11) is 2.00. The molecule has 1 fully saturated rings. The van der Waals surface area contributed by atoms with Crippen LogP contribution in [0.2, 0.25) is 0 Å². The Balaban J connectivity index is 1.54. The average Bonchev–Trinajstić information content (AvgIpc) is 3.12. The Morgan fingerprint density at radius 1 is 1.00 bits per heavy atom. The van der Waals surface area contributed by atoms with Crippen molar-refractivity contribution < 1.29 is 4.79 Å². The van der Waals surface area contributed by atoms with Gasteiger partial charge in [0.1, 0.15) is 0 Å². The predicted octanol–water partition coefficient (Wildman–Crippen LogP) is 3.75. The Bertz CT molecular complexity index is 663. The molecule has 0 atom stereocenters. The normalized spacial score (nSPS) is 16.1. The summed E-state index contributed by atoms with van der Waals surface area (Å²) in [6.45, 7) is 1.97. The first-order valence-corrected chi connectivity index (χ1v) is 9.23. The number of rotatable bonds is 7. The van der Waals surface area contributed by atoms with Crippen molar-refractivity contribution in [1.82, 2.24) is 10.2 Å². The maximum atomic E-state index is 12.4. The van der Waals surface area contributed by atoms with Gasteiger partial charge in [0.15, 0.2) is 0 Å². The zero-order valence-electron chi connectivity index (χ0n) is 15.1. The molecular weight excluding hydrogens is 308 g/mol. The molecule has 0 aliphatic heterocycles. The van der Waals surface area contributed by atoms with Crippen LogP contribution in [0.3, 0.4) is 0 Å². The fourth-order valence-corrected chi connectivity index (χ4v) is 3.93. The van der Waals surface area contributed by atoms with E-state index in [1.807, 2.05) is 25.2 Å². The van der Waals surface area contributed by atoms with E-state index in [0.29, 0.717) is 6.54 Å². The van der Waals surface area contributed by atoms with Gasteiger partial charge in [0.05, 0.1) is 6.54 Å². The standard InChI is InChI=1S/C22H28N2O/c1-24(16-19-10-4-2-5-11-19)17-21(25)23-18-22(14-8-9-15-22)20-12-6-3-7-13-20/h2-7,10-13H,8-9,14-18H2,1H3,(H,23,25). The number of nitrogens with zero attached hydrogens (tertiary/aromatic N) is 1. The number of likely N-dealkylation sites (N-methyl/N-ethyl adjacent to an activating group) is 1. The van der Waals surface area contributed by atoms with Crippen molar-refractivity contribution in [3.8, 4) is 0 Å². The van der Waals surface area contributed by atoms with Gasteiger partial charge in [-0.15, -0.1) is 0 Å². The number of amides is 1. The predicted molar refractivity (Wildman–Crippen MR) is 102 cm³/mol. The Kier molecular flexibility index (Phi) is 5.87. The molecule has 0 heterocycles. The van der Waals surface area contributed by atoms with Crippen molar-refractivity contribution in [3.05, 3.63) is 71.8 Å². The molecule has 0 unspecified atom stereocenters. The largest absolute Gasteiger partial charge is 0.354 e. The number of carbonyl (C=O) groups excluding carboxylic acids is 1. The zero-order valence-corrected chi connectivity index (χ0v) is 15.1. The van der Waals surface area contributed by atoms with Gasteiger partial charge in [-0.25, -0.2) is 0 Å². The monoisotopic (exact) mass is 336 g/mol. The van der Waals surface area contributed by atoms with Gasteiger partial charge in [-0.2, -0.15) is 0 Å². The third-order valence-electron chi connectivity index (χ3n) is 5.28. The molecule has 0 bridgehead atoms.